The van der Waals surface area contributed by atoms with E-state index in [1.807, 2.05) is 38.2 Å². The standard InChI is InChI=1S/C23H26ClN3O2/c1-3-15(2)21(27-22(28)16-8-10-18(24)11-9-16)23(29)25-13-12-17-14-26-20-7-5-4-6-19(17)20/h4-11,14-15,21,26H,3,12-13H2,1-2H3,(H,25,29)(H,27,28)/t15-,21-/m0/s1. The molecule has 0 aliphatic carbocycles. The lowest BCUT2D eigenvalue weighted by Crippen LogP contribution is -2.50. The Morgan fingerprint density at radius 1 is 1.10 bits per heavy atom. The zero-order valence-corrected chi connectivity index (χ0v) is 17.4. The van der Waals surface area contributed by atoms with E-state index in [-0.39, 0.29) is 17.7 Å². The van der Waals surface area contributed by atoms with E-state index >= 15 is 0 Å². The van der Waals surface area contributed by atoms with Gasteiger partial charge < -0.3 is 15.6 Å². The second-order valence-corrected chi connectivity index (χ2v) is 7.68. The van der Waals surface area contributed by atoms with Crippen molar-refractivity contribution >= 4 is 34.3 Å². The van der Waals surface area contributed by atoms with E-state index in [4.69, 9.17) is 11.6 Å². The number of hydrogen-bond donors (Lipinski definition) is 3. The van der Waals surface area contributed by atoms with Crippen molar-refractivity contribution in [3.8, 4) is 0 Å². The van der Waals surface area contributed by atoms with Gasteiger partial charge in [0.25, 0.3) is 5.91 Å². The molecule has 5 nitrogen and oxygen atoms in total. The summed E-state index contributed by atoms with van der Waals surface area (Å²) in [7, 11) is 0. The Bertz CT molecular complexity index is 981. The zero-order chi connectivity index (χ0) is 20.8. The van der Waals surface area contributed by atoms with Gasteiger partial charge in [-0.3, -0.25) is 9.59 Å². The summed E-state index contributed by atoms with van der Waals surface area (Å²) in [5.41, 5.74) is 2.72. The van der Waals surface area contributed by atoms with Crippen molar-refractivity contribution in [1.82, 2.24) is 15.6 Å². The quantitative estimate of drug-likeness (QED) is 0.516. The Morgan fingerprint density at radius 3 is 2.55 bits per heavy atom. The number of carbonyl (C=O) groups excluding carboxylic acids is 2. The molecule has 0 saturated heterocycles. The van der Waals surface area contributed by atoms with E-state index in [1.54, 1.807) is 24.3 Å². The predicted octanol–water partition coefficient (Wildman–Crippen LogP) is 4.32. The second kappa shape index (κ2) is 9.61. The topological polar surface area (TPSA) is 74.0 Å². The number of nitrogens with one attached hydrogen (secondary N) is 3. The van der Waals surface area contributed by atoms with Gasteiger partial charge in [-0.15, -0.1) is 0 Å². The molecule has 3 N–H and O–H groups in total. The van der Waals surface area contributed by atoms with Crippen LogP contribution in [-0.4, -0.2) is 29.4 Å². The number of carbonyl (C=O) groups is 2. The van der Waals surface area contributed by atoms with Crippen molar-refractivity contribution in [2.45, 2.75) is 32.7 Å². The van der Waals surface area contributed by atoms with Gasteiger partial charge in [-0.1, -0.05) is 50.1 Å². The Morgan fingerprint density at radius 2 is 1.83 bits per heavy atom. The molecule has 3 aromatic rings. The molecular weight excluding hydrogens is 386 g/mol. The third-order valence-electron chi connectivity index (χ3n) is 5.26. The van der Waals surface area contributed by atoms with Gasteiger partial charge in [0, 0.05) is 34.2 Å². The van der Waals surface area contributed by atoms with Crippen molar-refractivity contribution in [1.29, 1.82) is 0 Å². The van der Waals surface area contributed by atoms with Gasteiger partial charge in [-0.05, 0) is 48.2 Å². The van der Waals surface area contributed by atoms with Crippen molar-refractivity contribution in [2.75, 3.05) is 6.54 Å². The maximum Gasteiger partial charge on any atom is 0.251 e. The number of aromatic nitrogens is 1. The number of hydrogen-bond acceptors (Lipinski definition) is 2. The molecule has 0 bridgehead atoms. The maximum absolute atomic E-state index is 12.8. The van der Waals surface area contributed by atoms with Crippen molar-refractivity contribution in [2.24, 2.45) is 5.92 Å². The van der Waals surface area contributed by atoms with Crippen LogP contribution in [0, 0.1) is 5.92 Å². The minimum Gasteiger partial charge on any atom is -0.361 e. The first kappa shape index (κ1) is 20.9. The van der Waals surface area contributed by atoms with Crippen LogP contribution in [0.3, 0.4) is 0 Å². The molecule has 0 radical (unpaired) electrons. The van der Waals surface area contributed by atoms with Crippen LogP contribution in [0.4, 0.5) is 0 Å². The number of aromatic amines is 1. The first-order valence-corrected chi connectivity index (χ1v) is 10.3. The smallest absolute Gasteiger partial charge is 0.251 e. The van der Waals surface area contributed by atoms with Crippen LogP contribution in [-0.2, 0) is 11.2 Å². The van der Waals surface area contributed by atoms with E-state index < -0.39 is 6.04 Å². The Hall–Kier alpha value is -2.79. The largest absolute Gasteiger partial charge is 0.361 e. The molecule has 0 aliphatic rings. The fourth-order valence-electron chi connectivity index (χ4n) is 3.30. The lowest BCUT2D eigenvalue weighted by atomic mass is 9.97. The number of para-hydroxylation sites is 1. The minimum absolute atomic E-state index is 0.0133. The third kappa shape index (κ3) is 5.18. The average Bonchev–Trinajstić information content (AvgIpc) is 3.15. The summed E-state index contributed by atoms with van der Waals surface area (Å²) in [6.45, 7) is 4.47. The molecular formula is C23H26ClN3O2. The fraction of sp³-hybridized carbons (Fsp3) is 0.304. The minimum atomic E-state index is -0.592. The fourth-order valence-corrected chi connectivity index (χ4v) is 3.42. The second-order valence-electron chi connectivity index (χ2n) is 7.24. The van der Waals surface area contributed by atoms with Crippen LogP contribution in [0.1, 0.15) is 36.2 Å². The molecule has 1 heterocycles. The highest BCUT2D eigenvalue weighted by Gasteiger charge is 2.26. The van der Waals surface area contributed by atoms with Crippen LogP contribution in [0.25, 0.3) is 10.9 Å². The SMILES string of the molecule is CC[C@H](C)[C@H](NC(=O)c1ccc(Cl)cc1)C(=O)NCCc1c[nH]c2ccccc12. The van der Waals surface area contributed by atoms with Gasteiger partial charge in [0.1, 0.15) is 6.04 Å². The molecule has 3 rings (SSSR count). The Kier molecular flexibility index (Phi) is 6.94. The van der Waals surface area contributed by atoms with Gasteiger partial charge in [0.2, 0.25) is 5.91 Å². The molecule has 0 unspecified atom stereocenters. The van der Waals surface area contributed by atoms with E-state index in [1.165, 1.54) is 0 Å². The molecule has 29 heavy (non-hydrogen) atoms. The highest BCUT2D eigenvalue weighted by molar-refractivity contribution is 6.30. The Balaban J connectivity index is 1.61. The highest BCUT2D eigenvalue weighted by atomic mass is 35.5. The molecule has 2 aromatic carbocycles. The molecule has 2 atom stereocenters. The molecule has 2 amide bonds. The summed E-state index contributed by atoms with van der Waals surface area (Å²) in [6, 6.07) is 14.1. The average molecular weight is 412 g/mol. The number of benzene rings is 2. The molecule has 1 aromatic heterocycles. The van der Waals surface area contributed by atoms with Crippen LogP contribution in [0.15, 0.2) is 54.7 Å². The molecule has 152 valence electrons. The van der Waals surface area contributed by atoms with Crippen LogP contribution in [0.5, 0.6) is 0 Å². The third-order valence-corrected chi connectivity index (χ3v) is 5.51. The number of fused-ring (bicyclic) bond motifs is 1. The van der Waals surface area contributed by atoms with Gasteiger partial charge in [0.15, 0.2) is 0 Å². The monoisotopic (exact) mass is 411 g/mol. The lowest BCUT2D eigenvalue weighted by molar-refractivity contribution is -0.124. The molecule has 0 fully saturated rings. The van der Waals surface area contributed by atoms with Gasteiger partial charge in [-0.25, -0.2) is 0 Å². The van der Waals surface area contributed by atoms with Gasteiger partial charge in [0.05, 0.1) is 0 Å². The summed E-state index contributed by atoms with van der Waals surface area (Å²) >= 11 is 5.88. The summed E-state index contributed by atoms with van der Waals surface area (Å²) in [6.07, 6.45) is 3.47. The van der Waals surface area contributed by atoms with E-state index in [9.17, 15) is 9.59 Å². The first-order valence-electron chi connectivity index (χ1n) is 9.88. The lowest BCUT2D eigenvalue weighted by Gasteiger charge is -2.23. The molecule has 0 aliphatic heterocycles. The summed E-state index contributed by atoms with van der Waals surface area (Å²) in [4.78, 5) is 28.6. The van der Waals surface area contributed by atoms with Crippen molar-refractivity contribution in [3.05, 3.63) is 70.9 Å². The highest BCUT2D eigenvalue weighted by Crippen LogP contribution is 2.18. The molecule has 0 saturated carbocycles. The number of H-pyrrole nitrogens is 1. The predicted molar refractivity (Wildman–Crippen MR) is 117 cm³/mol. The maximum atomic E-state index is 12.8. The van der Waals surface area contributed by atoms with E-state index in [2.05, 4.69) is 21.7 Å². The van der Waals surface area contributed by atoms with Crippen molar-refractivity contribution in [3.63, 3.8) is 0 Å². The number of halogens is 1. The van der Waals surface area contributed by atoms with Gasteiger partial charge >= 0.3 is 0 Å². The summed E-state index contributed by atoms with van der Waals surface area (Å²) < 4.78 is 0. The first-order chi connectivity index (χ1) is 14.0. The Labute approximate surface area is 175 Å². The van der Waals surface area contributed by atoms with E-state index in [0.29, 0.717) is 23.6 Å². The zero-order valence-electron chi connectivity index (χ0n) is 16.7. The van der Waals surface area contributed by atoms with Crippen LogP contribution < -0.4 is 10.6 Å². The normalized spacial score (nSPS) is 13.1. The van der Waals surface area contributed by atoms with Gasteiger partial charge in [-0.2, -0.15) is 0 Å². The summed E-state index contributed by atoms with van der Waals surface area (Å²) in [5, 5.41) is 7.58. The van der Waals surface area contributed by atoms with Crippen LogP contribution in [0.2, 0.25) is 5.02 Å². The summed E-state index contributed by atoms with van der Waals surface area (Å²) in [5.74, 6) is -0.431. The molecule has 0 spiro atoms. The molecule has 6 heteroatoms. The van der Waals surface area contributed by atoms with Crippen molar-refractivity contribution < 1.29 is 9.59 Å². The number of amides is 2. The number of rotatable bonds is 8. The van der Waals surface area contributed by atoms with E-state index in [0.717, 1.165) is 22.9 Å². The van der Waals surface area contributed by atoms with Crippen LogP contribution >= 0.6 is 11.6 Å².